The third-order valence-electron chi connectivity index (χ3n) is 2.37. The number of carboxylic acids is 1. The van der Waals surface area contributed by atoms with Crippen LogP contribution in [0.25, 0.3) is 0 Å². The molecule has 0 aliphatic carbocycles. The molecule has 0 radical (unpaired) electrons. The van der Waals surface area contributed by atoms with Gasteiger partial charge in [0.05, 0.1) is 0 Å². The Morgan fingerprint density at radius 3 is 2.70 bits per heavy atom. The minimum Gasteiger partial charge on any atom is -0.480 e. The molecule has 0 aliphatic rings. The Labute approximate surface area is 114 Å². The van der Waals surface area contributed by atoms with Gasteiger partial charge in [-0.05, 0) is 18.2 Å². The quantitative estimate of drug-likeness (QED) is 0.711. The number of benzene rings is 1. The summed E-state index contributed by atoms with van der Waals surface area (Å²) in [5.41, 5.74) is -0.0519. The van der Waals surface area contributed by atoms with Crippen LogP contribution >= 0.6 is 0 Å². The van der Waals surface area contributed by atoms with Crippen molar-refractivity contribution in [3.05, 3.63) is 35.4 Å². The number of carbonyl (C=O) groups is 2. The standard InChI is InChI=1S/C13H12F2N2O3/c1-2-3-11(12(18)19)17-13(20)16-7-8-6-9(14)4-5-10(8)15/h1,4-6,11H,3,7H2,(H,18,19)(H2,16,17,20). The van der Waals surface area contributed by atoms with E-state index < -0.39 is 29.7 Å². The number of hydrogen-bond donors (Lipinski definition) is 3. The first-order valence-electron chi connectivity index (χ1n) is 5.58. The Morgan fingerprint density at radius 2 is 2.10 bits per heavy atom. The molecule has 1 unspecified atom stereocenters. The van der Waals surface area contributed by atoms with Crippen LogP contribution in [0, 0.1) is 24.0 Å². The van der Waals surface area contributed by atoms with Gasteiger partial charge in [-0.3, -0.25) is 0 Å². The van der Waals surface area contributed by atoms with E-state index in [4.69, 9.17) is 11.5 Å². The first kappa shape index (κ1) is 15.4. The van der Waals surface area contributed by atoms with E-state index in [0.717, 1.165) is 18.2 Å². The molecule has 0 spiro atoms. The van der Waals surface area contributed by atoms with Gasteiger partial charge in [-0.25, -0.2) is 18.4 Å². The predicted molar refractivity (Wildman–Crippen MR) is 66.6 cm³/mol. The van der Waals surface area contributed by atoms with Gasteiger partial charge in [-0.2, -0.15) is 0 Å². The third kappa shape index (κ3) is 4.57. The second-order valence-corrected chi connectivity index (χ2v) is 3.86. The summed E-state index contributed by atoms with van der Waals surface area (Å²) in [6.45, 7) is -0.280. The van der Waals surface area contributed by atoms with Crippen LogP contribution < -0.4 is 10.6 Å². The Bertz CT molecular complexity index is 555. The molecule has 0 heterocycles. The lowest BCUT2D eigenvalue weighted by Gasteiger charge is -2.13. The van der Waals surface area contributed by atoms with Crippen molar-refractivity contribution in [3.63, 3.8) is 0 Å². The first-order chi connectivity index (χ1) is 9.43. The number of rotatable bonds is 5. The molecule has 0 saturated heterocycles. The van der Waals surface area contributed by atoms with E-state index in [-0.39, 0.29) is 18.5 Å². The van der Waals surface area contributed by atoms with Crippen LogP contribution in [-0.4, -0.2) is 23.1 Å². The summed E-state index contributed by atoms with van der Waals surface area (Å²) in [5, 5.41) is 13.1. The number of urea groups is 1. The minimum absolute atomic E-state index is 0.0519. The normalized spacial score (nSPS) is 11.2. The molecule has 0 bridgehead atoms. The molecular weight excluding hydrogens is 270 g/mol. The van der Waals surface area contributed by atoms with Crippen LogP contribution in [0.4, 0.5) is 13.6 Å². The summed E-state index contributed by atoms with van der Waals surface area (Å²) in [6, 6.07) is 0.745. The average molecular weight is 282 g/mol. The second-order valence-electron chi connectivity index (χ2n) is 3.86. The SMILES string of the molecule is C#CCC(NC(=O)NCc1cc(F)ccc1F)C(=O)O. The largest absolute Gasteiger partial charge is 0.480 e. The van der Waals surface area contributed by atoms with E-state index in [2.05, 4.69) is 16.6 Å². The van der Waals surface area contributed by atoms with E-state index in [1.807, 2.05) is 0 Å². The van der Waals surface area contributed by atoms with Crippen LogP contribution in [0.5, 0.6) is 0 Å². The lowest BCUT2D eigenvalue weighted by Crippen LogP contribution is -2.45. The van der Waals surface area contributed by atoms with Gasteiger partial charge in [0, 0.05) is 18.5 Å². The number of carboxylic acid groups (broad SMARTS) is 1. The molecule has 1 atom stereocenters. The summed E-state index contributed by atoms with van der Waals surface area (Å²) in [6.07, 6.45) is 4.78. The highest BCUT2D eigenvalue weighted by Gasteiger charge is 2.18. The Morgan fingerprint density at radius 1 is 1.40 bits per heavy atom. The van der Waals surface area contributed by atoms with Crippen molar-refractivity contribution < 1.29 is 23.5 Å². The lowest BCUT2D eigenvalue weighted by atomic mass is 10.2. The topological polar surface area (TPSA) is 78.4 Å². The van der Waals surface area contributed by atoms with Crippen molar-refractivity contribution in [2.24, 2.45) is 0 Å². The molecule has 1 aromatic carbocycles. The van der Waals surface area contributed by atoms with E-state index in [0.29, 0.717) is 0 Å². The van der Waals surface area contributed by atoms with Crippen LogP contribution in [0.3, 0.4) is 0 Å². The fourth-order valence-electron chi connectivity index (χ4n) is 1.38. The lowest BCUT2D eigenvalue weighted by molar-refractivity contribution is -0.139. The van der Waals surface area contributed by atoms with Crippen molar-refractivity contribution >= 4 is 12.0 Å². The maximum atomic E-state index is 13.3. The minimum atomic E-state index is -1.28. The number of hydrogen-bond acceptors (Lipinski definition) is 2. The molecule has 0 aliphatic heterocycles. The number of aliphatic carboxylic acids is 1. The summed E-state index contributed by atoms with van der Waals surface area (Å²) < 4.78 is 26.2. The highest BCUT2D eigenvalue weighted by Crippen LogP contribution is 2.09. The van der Waals surface area contributed by atoms with Gasteiger partial charge in [0.2, 0.25) is 0 Å². The molecular formula is C13H12F2N2O3. The fourth-order valence-corrected chi connectivity index (χ4v) is 1.38. The molecule has 106 valence electrons. The molecule has 1 rings (SSSR count). The number of carbonyl (C=O) groups excluding carboxylic acids is 1. The smallest absolute Gasteiger partial charge is 0.327 e. The maximum Gasteiger partial charge on any atom is 0.327 e. The summed E-state index contributed by atoms with van der Waals surface area (Å²) in [4.78, 5) is 22.2. The highest BCUT2D eigenvalue weighted by molar-refractivity contribution is 5.82. The molecule has 0 saturated carbocycles. The fraction of sp³-hybridized carbons (Fsp3) is 0.231. The first-order valence-corrected chi connectivity index (χ1v) is 5.58. The average Bonchev–Trinajstić information content (AvgIpc) is 2.39. The van der Waals surface area contributed by atoms with Crippen molar-refractivity contribution in [2.75, 3.05) is 0 Å². The van der Waals surface area contributed by atoms with Crippen molar-refractivity contribution in [3.8, 4) is 12.3 Å². The van der Waals surface area contributed by atoms with Gasteiger partial charge in [0.1, 0.15) is 17.7 Å². The highest BCUT2D eigenvalue weighted by atomic mass is 19.1. The van der Waals surface area contributed by atoms with Crippen LogP contribution in [0.2, 0.25) is 0 Å². The van der Waals surface area contributed by atoms with E-state index in [1.165, 1.54) is 0 Å². The summed E-state index contributed by atoms with van der Waals surface area (Å²) >= 11 is 0. The number of amides is 2. The number of terminal acetylenes is 1. The van der Waals surface area contributed by atoms with Gasteiger partial charge in [-0.1, -0.05) is 0 Å². The maximum absolute atomic E-state index is 13.3. The van der Waals surface area contributed by atoms with Crippen LogP contribution in [-0.2, 0) is 11.3 Å². The molecule has 0 aromatic heterocycles. The molecule has 0 fully saturated rings. The zero-order valence-electron chi connectivity index (χ0n) is 10.3. The molecule has 20 heavy (non-hydrogen) atoms. The Hall–Kier alpha value is -2.62. The monoisotopic (exact) mass is 282 g/mol. The van der Waals surface area contributed by atoms with Gasteiger partial charge in [0.25, 0.3) is 0 Å². The van der Waals surface area contributed by atoms with Crippen LogP contribution in [0.15, 0.2) is 18.2 Å². The summed E-state index contributed by atoms with van der Waals surface area (Å²) in [7, 11) is 0. The molecule has 7 heteroatoms. The molecule has 2 amide bonds. The molecule has 5 nitrogen and oxygen atoms in total. The van der Waals surface area contributed by atoms with Gasteiger partial charge in [0.15, 0.2) is 0 Å². The van der Waals surface area contributed by atoms with Gasteiger partial charge < -0.3 is 15.7 Å². The van der Waals surface area contributed by atoms with E-state index in [9.17, 15) is 18.4 Å². The van der Waals surface area contributed by atoms with Crippen molar-refractivity contribution in [1.29, 1.82) is 0 Å². The van der Waals surface area contributed by atoms with Crippen molar-refractivity contribution in [2.45, 2.75) is 19.0 Å². The summed E-state index contributed by atoms with van der Waals surface area (Å²) in [5.74, 6) is -0.486. The zero-order chi connectivity index (χ0) is 15.1. The van der Waals surface area contributed by atoms with Gasteiger partial charge >= 0.3 is 12.0 Å². The van der Waals surface area contributed by atoms with Crippen LogP contribution in [0.1, 0.15) is 12.0 Å². The zero-order valence-corrected chi connectivity index (χ0v) is 10.3. The molecule has 3 N–H and O–H groups in total. The number of halogens is 2. The van der Waals surface area contributed by atoms with Gasteiger partial charge in [-0.15, -0.1) is 12.3 Å². The predicted octanol–water partition coefficient (Wildman–Crippen LogP) is 1.24. The second kappa shape index (κ2) is 7.09. The Balaban J connectivity index is 2.57. The number of nitrogens with one attached hydrogen (secondary N) is 2. The third-order valence-corrected chi connectivity index (χ3v) is 2.37. The molecule has 1 aromatic rings. The van der Waals surface area contributed by atoms with E-state index >= 15 is 0 Å². The van der Waals surface area contributed by atoms with Crippen molar-refractivity contribution in [1.82, 2.24) is 10.6 Å². The van der Waals surface area contributed by atoms with E-state index in [1.54, 1.807) is 0 Å². The Kier molecular flexibility index (Phi) is 5.47.